The van der Waals surface area contributed by atoms with Gasteiger partial charge in [-0.2, -0.15) is 0 Å². The molecule has 0 aliphatic heterocycles. The first-order valence-corrected chi connectivity index (χ1v) is 7.94. The highest BCUT2D eigenvalue weighted by Gasteiger charge is 2.07. The Balaban J connectivity index is 1.68. The molecule has 3 heteroatoms. The lowest BCUT2D eigenvalue weighted by molar-refractivity contribution is 0.105. The molecule has 0 amide bonds. The van der Waals surface area contributed by atoms with E-state index in [2.05, 4.69) is 12.1 Å². The molecule has 1 aromatic carbocycles. The maximum atomic E-state index is 12.2. The minimum atomic E-state index is 0.0124. The standard InChI is InChI=1S/C19H16O2S/c1-14-7-8-16(21-14)9-11-18(20)19-12-10-17(22-19)13-15-5-3-2-4-6-15/h2-12H,13H2,1H3/b11-9+. The topological polar surface area (TPSA) is 30.2 Å². The van der Waals surface area contributed by atoms with Crippen molar-refractivity contribution in [1.82, 2.24) is 0 Å². The maximum Gasteiger partial charge on any atom is 0.195 e. The first kappa shape index (κ1) is 14.5. The summed E-state index contributed by atoms with van der Waals surface area (Å²) >= 11 is 1.54. The van der Waals surface area contributed by atoms with Crippen LogP contribution in [-0.4, -0.2) is 5.78 Å². The number of furan rings is 1. The van der Waals surface area contributed by atoms with E-state index < -0.39 is 0 Å². The van der Waals surface area contributed by atoms with Gasteiger partial charge in [0.15, 0.2) is 5.78 Å². The van der Waals surface area contributed by atoms with Gasteiger partial charge in [0, 0.05) is 11.3 Å². The highest BCUT2D eigenvalue weighted by atomic mass is 32.1. The monoisotopic (exact) mass is 308 g/mol. The van der Waals surface area contributed by atoms with Crippen LogP contribution in [0.15, 0.2) is 65.1 Å². The molecule has 0 unspecified atom stereocenters. The molecule has 0 atom stereocenters. The van der Waals surface area contributed by atoms with Crippen LogP contribution in [0.5, 0.6) is 0 Å². The van der Waals surface area contributed by atoms with E-state index in [-0.39, 0.29) is 5.78 Å². The lowest BCUT2D eigenvalue weighted by atomic mass is 10.1. The van der Waals surface area contributed by atoms with E-state index in [9.17, 15) is 4.79 Å². The molecule has 110 valence electrons. The first-order chi connectivity index (χ1) is 10.7. The Labute approximate surface area is 133 Å². The number of allylic oxidation sites excluding steroid dienone is 1. The molecule has 0 radical (unpaired) electrons. The zero-order chi connectivity index (χ0) is 15.4. The van der Waals surface area contributed by atoms with Crippen molar-refractivity contribution in [2.24, 2.45) is 0 Å². The van der Waals surface area contributed by atoms with Gasteiger partial charge in [0.1, 0.15) is 11.5 Å². The molecule has 0 aliphatic carbocycles. The second-order valence-electron chi connectivity index (χ2n) is 5.07. The minimum Gasteiger partial charge on any atom is -0.462 e. The van der Waals surface area contributed by atoms with Crippen LogP contribution in [0.1, 0.15) is 31.6 Å². The average Bonchev–Trinajstić information content (AvgIpc) is 3.15. The Morgan fingerprint density at radius 1 is 1.09 bits per heavy atom. The maximum absolute atomic E-state index is 12.2. The molecule has 0 N–H and O–H groups in total. The third-order valence-corrected chi connectivity index (χ3v) is 4.39. The molecule has 0 fully saturated rings. The van der Waals surface area contributed by atoms with E-state index in [0.717, 1.165) is 17.1 Å². The van der Waals surface area contributed by atoms with E-state index >= 15 is 0 Å². The summed E-state index contributed by atoms with van der Waals surface area (Å²) in [4.78, 5) is 14.1. The molecule has 22 heavy (non-hydrogen) atoms. The molecule has 0 aliphatic rings. The van der Waals surface area contributed by atoms with Gasteiger partial charge in [-0.1, -0.05) is 30.3 Å². The summed E-state index contributed by atoms with van der Waals surface area (Å²) in [6.45, 7) is 1.88. The van der Waals surface area contributed by atoms with Crippen molar-refractivity contribution in [2.45, 2.75) is 13.3 Å². The summed E-state index contributed by atoms with van der Waals surface area (Å²) in [6, 6.07) is 17.9. The van der Waals surface area contributed by atoms with E-state index in [0.29, 0.717) is 5.76 Å². The van der Waals surface area contributed by atoms with Crippen LogP contribution < -0.4 is 0 Å². The number of hydrogen-bond donors (Lipinski definition) is 0. The summed E-state index contributed by atoms with van der Waals surface area (Å²) in [7, 11) is 0. The highest BCUT2D eigenvalue weighted by Crippen LogP contribution is 2.21. The lowest BCUT2D eigenvalue weighted by Crippen LogP contribution is -1.88. The number of ketones is 1. The van der Waals surface area contributed by atoms with E-state index in [4.69, 9.17) is 4.42 Å². The van der Waals surface area contributed by atoms with Gasteiger partial charge in [0.05, 0.1) is 4.88 Å². The number of hydrogen-bond acceptors (Lipinski definition) is 3. The number of aryl methyl sites for hydroxylation is 1. The summed E-state index contributed by atoms with van der Waals surface area (Å²) in [5.41, 5.74) is 1.25. The van der Waals surface area contributed by atoms with Crippen molar-refractivity contribution in [3.05, 3.63) is 87.5 Å². The molecule has 0 saturated carbocycles. The summed E-state index contributed by atoms with van der Waals surface area (Å²) in [5, 5.41) is 0. The van der Waals surface area contributed by atoms with E-state index in [1.54, 1.807) is 23.5 Å². The molecule has 2 heterocycles. The number of carbonyl (C=O) groups is 1. The third-order valence-electron chi connectivity index (χ3n) is 3.29. The number of benzene rings is 1. The predicted molar refractivity (Wildman–Crippen MR) is 90.4 cm³/mol. The number of thiophene rings is 1. The molecular formula is C19H16O2S. The Morgan fingerprint density at radius 3 is 2.64 bits per heavy atom. The first-order valence-electron chi connectivity index (χ1n) is 7.12. The van der Waals surface area contributed by atoms with Crippen LogP contribution in [0.2, 0.25) is 0 Å². The molecule has 0 spiro atoms. The van der Waals surface area contributed by atoms with Gasteiger partial charge in [-0.25, -0.2) is 0 Å². The van der Waals surface area contributed by atoms with Crippen molar-refractivity contribution < 1.29 is 9.21 Å². The lowest BCUT2D eigenvalue weighted by Gasteiger charge is -1.96. The fourth-order valence-electron chi connectivity index (χ4n) is 2.19. The van der Waals surface area contributed by atoms with Crippen LogP contribution in [-0.2, 0) is 6.42 Å². The third kappa shape index (κ3) is 3.62. The highest BCUT2D eigenvalue weighted by molar-refractivity contribution is 7.14. The van der Waals surface area contributed by atoms with E-state index in [1.807, 2.05) is 49.4 Å². The predicted octanol–water partition coefficient (Wildman–Crippen LogP) is 5.14. The van der Waals surface area contributed by atoms with Gasteiger partial charge in [0.2, 0.25) is 0 Å². The minimum absolute atomic E-state index is 0.0124. The van der Waals surface area contributed by atoms with Crippen molar-refractivity contribution >= 4 is 23.2 Å². The van der Waals surface area contributed by atoms with Crippen molar-refractivity contribution in [1.29, 1.82) is 0 Å². The zero-order valence-electron chi connectivity index (χ0n) is 12.3. The Kier molecular flexibility index (Phi) is 4.35. The van der Waals surface area contributed by atoms with Gasteiger partial charge >= 0.3 is 0 Å². The molecule has 3 aromatic rings. The normalized spacial score (nSPS) is 11.1. The van der Waals surface area contributed by atoms with Crippen LogP contribution >= 0.6 is 11.3 Å². The molecule has 0 saturated heterocycles. The number of carbonyl (C=O) groups excluding carboxylic acids is 1. The zero-order valence-corrected chi connectivity index (χ0v) is 13.1. The van der Waals surface area contributed by atoms with Gasteiger partial charge in [0.25, 0.3) is 0 Å². The second kappa shape index (κ2) is 6.58. The molecule has 2 aromatic heterocycles. The Bertz CT molecular complexity index is 794. The summed E-state index contributed by atoms with van der Waals surface area (Å²) in [5.74, 6) is 1.55. The smallest absolute Gasteiger partial charge is 0.195 e. The van der Waals surface area contributed by atoms with Gasteiger partial charge in [-0.3, -0.25) is 4.79 Å². The van der Waals surface area contributed by atoms with Gasteiger partial charge in [-0.15, -0.1) is 11.3 Å². The average molecular weight is 308 g/mol. The Morgan fingerprint density at radius 2 is 1.91 bits per heavy atom. The van der Waals surface area contributed by atoms with Crippen LogP contribution in [0.4, 0.5) is 0 Å². The molecule has 3 rings (SSSR count). The van der Waals surface area contributed by atoms with Crippen molar-refractivity contribution in [2.75, 3.05) is 0 Å². The fourth-order valence-corrected chi connectivity index (χ4v) is 3.15. The molecule has 0 bridgehead atoms. The number of rotatable bonds is 5. The largest absolute Gasteiger partial charge is 0.462 e. The quantitative estimate of drug-likeness (QED) is 0.483. The summed E-state index contributed by atoms with van der Waals surface area (Å²) < 4.78 is 5.42. The van der Waals surface area contributed by atoms with Gasteiger partial charge < -0.3 is 4.42 Å². The van der Waals surface area contributed by atoms with Crippen LogP contribution in [0.3, 0.4) is 0 Å². The fraction of sp³-hybridized carbons (Fsp3) is 0.105. The van der Waals surface area contributed by atoms with Gasteiger partial charge in [-0.05, 0) is 48.9 Å². The molecule has 2 nitrogen and oxygen atoms in total. The summed E-state index contributed by atoms with van der Waals surface area (Å²) in [6.07, 6.45) is 4.14. The van der Waals surface area contributed by atoms with Crippen LogP contribution in [0, 0.1) is 6.92 Å². The SMILES string of the molecule is Cc1ccc(/C=C/C(=O)c2ccc(Cc3ccccc3)s2)o1. The van der Waals surface area contributed by atoms with E-state index in [1.165, 1.54) is 10.4 Å². The Hall–Kier alpha value is -2.39. The van der Waals surface area contributed by atoms with Crippen LogP contribution in [0.25, 0.3) is 6.08 Å². The van der Waals surface area contributed by atoms with Crippen molar-refractivity contribution in [3.63, 3.8) is 0 Å². The second-order valence-corrected chi connectivity index (χ2v) is 6.24. The van der Waals surface area contributed by atoms with Crippen molar-refractivity contribution in [3.8, 4) is 0 Å². The molecular weight excluding hydrogens is 292 g/mol.